The van der Waals surface area contributed by atoms with Crippen LogP contribution >= 0.6 is 0 Å². The van der Waals surface area contributed by atoms with Crippen LogP contribution in [0.1, 0.15) is 37.7 Å². The fourth-order valence-corrected chi connectivity index (χ4v) is 2.90. The number of hydrogen-bond acceptors (Lipinski definition) is 5. The molecule has 2 amide bonds. The van der Waals surface area contributed by atoms with Crippen LogP contribution in [-0.4, -0.2) is 59.4 Å². The second kappa shape index (κ2) is 11.4. The van der Waals surface area contributed by atoms with Gasteiger partial charge in [0.05, 0.1) is 0 Å². The van der Waals surface area contributed by atoms with Crippen molar-refractivity contribution in [1.29, 1.82) is 0 Å². The van der Waals surface area contributed by atoms with E-state index in [-0.39, 0.29) is 12.5 Å². The van der Waals surface area contributed by atoms with Crippen molar-refractivity contribution >= 4 is 17.8 Å². The van der Waals surface area contributed by atoms with E-state index in [0.29, 0.717) is 19.4 Å². The predicted octanol–water partition coefficient (Wildman–Crippen LogP) is 0.625. The molecule has 0 bridgehead atoms. The van der Waals surface area contributed by atoms with Crippen LogP contribution in [0.3, 0.4) is 0 Å². The standard InChI is InChI=1S/C20H28N2O6/c23-13-7-2-1-6-12-21-18(24)15(11-10-14-8-4-3-5-9-14)22-19(25)16-17(28-16)20(26)27/h3-5,8-9,15-17,23H,1-2,6-7,10-13H2,(H,21,24)(H,22,25)(H,26,27)/t15-,16-,17-/m0/s1. The zero-order chi connectivity index (χ0) is 20.4. The predicted molar refractivity (Wildman–Crippen MR) is 102 cm³/mol. The SMILES string of the molecule is O=C(NCCCCCCO)[C@H](CCc1ccccc1)NC(=O)[C@H]1O[C@@H]1C(=O)O. The molecule has 0 saturated carbocycles. The topological polar surface area (TPSA) is 128 Å². The van der Waals surface area contributed by atoms with E-state index in [1.807, 2.05) is 30.3 Å². The van der Waals surface area contributed by atoms with Crippen LogP contribution in [0.2, 0.25) is 0 Å². The van der Waals surface area contributed by atoms with Crippen LogP contribution in [-0.2, 0) is 25.5 Å². The molecule has 0 spiro atoms. The van der Waals surface area contributed by atoms with Gasteiger partial charge in [0.2, 0.25) is 5.91 Å². The summed E-state index contributed by atoms with van der Waals surface area (Å²) in [7, 11) is 0. The largest absolute Gasteiger partial charge is 0.479 e. The third-order valence-corrected chi connectivity index (χ3v) is 4.58. The van der Waals surface area contributed by atoms with Gasteiger partial charge in [0.15, 0.2) is 12.2 Å². The number of rotatable bonds is 13. The normalized spacial score (nSPS) is 18.9. The molecule has 28 heavy (non-hydrogen) atoms. The van der Waals surface area contributed by atoms with E-state index in [2.05, 4.69) is 10.6 Å². The molecular formula is C20H28N2O6. The molecular weight excluding hydrogens is 364 g/mol. The van der Waals surface area contributed by atoms with Crippen LogP contribution < -0.4 is 10.6 Å². The van der Waals surface area contributed by atoms with Gasteiger partial charge in [0.1, 0.15) is 6.04 Å². The van der Waals surface area contributed by atoms with Crippen molar-refractivity contribution in [1.82, 2.24) is 10.6 Å². The van der Waals surface area contributed by atoms with Crippen LogP contribution in [0.15, 0.2) is 30.3 Å². The van der Waals surface area contributed by atoms with Gasteiger partial charge in [-0.3, -0.25) is 9.59 Å². The fraction of sp³-hybridized carbons (Fsp3) is 0.550. The fourth-order valence-electron chi connectivity index (χ4n) is 2.90. The van der Waals surface area contributed by atoms with Crippen molar-refractivity contribution < 1.29 is 29.3 Å². The highest BCUT2D eigenvalue weighted by molar-refractivity contribution is 5.95. The molecule has 1 fully saturated rings. The Kier molecular flexibility index (Phi) is 8.90. The molecule has 1 aromatic carbocycles. The molecule has 8 heteroatoms. The minimum Gasteiger partial charge on any atom is -0.479 e. The Morgan fingerprint density at radius 2 is 1.75 bits per heavy atom. The number of aliphatic hydroxyl groups is 1. The Morgan fingerprint density at radius 1 is 1.04 bits per heavy atom. The summed E-state index contributed by atoms with van der Waals surface area (Å²) in [5, 5.41) is 23.1. The van der Waals surface area contributed by atoms with Gasteiger partial charge in [0.25, 0.3) is 5.91 Å². The molecule has 1 aromatic rings. The van der Waals surface area contributed by atoms with E-state index >= 15 is 0 Å². The Labute approximate surface area is 164 Å². The lowest BCUT2D eigenvalue weighted by Crippen LogP contribution is -2.48. The molecule has 4 N–H and O–H groups in total. The molecule has 1 aliphatic heterocycles. The number of carbonyl (C=O) groups is 3. The number of unbranched alkanes of at least 4 members (excludes halogenated alkanes) is 3. The number of carbonyl (C=O) groups excluding carboxylic acids is 2. The molecule has 0 radical (unpaired) electrons. The molecule has 3 atom stereocenters. The lowest BCUT2D eigenvalue weighted by Gasteiger charge is -2.18. The first-order valence-electron chi connectivity index (χ1n) is 9.64. The summed E-state index contributed by atoms with van der Waals surface area (Å²) in [5.74, 6) is -2.06. The summed E-state index contributed by atoms with van der Waals surface area (Å²) in [6.45, 7) is 0.653. The van der Waals surface area contributed by atoms with E-state index in [4.69, 9.17) is 14.9 Å². The van der Waals surface area contributed by atoms with E-state index < -0.39 is 30.1 Å². The van der Waals surface area contributed by atoms with Gasteiger partial charge < -0.3 is 25.6 Å². The Bertz CT molecular complexity index is 651. The number of aliphatic carboxylic acids is 1. The molecule has 0 unspecified atom stereocenters. The first kappa shape index (κ1) is 21.8. The zero-order valence-electron chi connectivity index (χ0n) is 15.8. The average Bonchev–Trinajstić information content (AvgIpc) is 3.49. The number of aliphatic hydroxyl groups excluding tert-OH is 1. The zero-order valence-corrected chi connectivity index (χ0v) is 15.8. The second-order valence-corrected chi connectivity index (χ2v) is 6.83. The summed E-state index contributed by atoms with van der Waals surface area (Å²) in [6.07, 6.45) is 2.16. The summed E-state index contributed by atoms with van der Waals surface area (Å²) in [4.78, 5) is 35.6. The highest BCUT2D eigenvalue weighted by atomic mass is 16.6. The minimum absolute atomic E-state index is 0.167. The maximum absolute atomic E-state index is 12.5. The number of aryl methyl sites for hydroxylation is 1. The van der Waals surface area contributed by atoms with Gasteiger partial charge in [0, 0.05) is 13.2 Å². The van der Waals surface area contributed by atoms with Gasteiger partial charge in [-0.25, -0.2) is 4.79 Å². The highest BCUT2D eigenvalue weighted by Gasteiger charge is 2.51. The summed E-state index contributed by atoms with van der Waals surface area (Å²) in [5.41, 5.74) is 1.05. The average molecular weight is 392 g/mol. The molecule has 1 aliphatic rings. The van der Waals surface area contributed by atoms with Crippen molar-refractivity contribution in [3.8, 4) is 0 Å². The number of epoxide rings is 1. The third-order valence-electron chi connectivity index (χ3n) is 4.58. The van der Waals surface area contributed by atoms with Crippen molar-refractivity contribution in [3.05, 3.63) is 35.9 Å². The second-order valence-electron chi connectivity index (χ2n) is 6.83. The van der Waals surface area contributed by atoms with E-state index in [1.165, 1.54) is 0 Å². The number of ether oxygens (including phenoxy) is 1. The smallest absolute Gasteiger partial charge is 0.336 e. The first-order valence-corrected chi connectivity index (χ1v) is 9.64. The quantitative estimate of drug-likeness (QED) is 0.288. The Hall–Kier alpha value is -2.45. The van der Waals surface area contributed by atoms with Crippen LogP contribution in [0, 0.1) is 0 Å². The number of hydrogen-bond donors (Lipinski definition) is 4. The van der Waals surface area contributed by atoms with Crippen LogP contribution in [0.5, 0.6) is 0 Å². The molecule has 154 valence electrons. The van der Waals surface area contributed by atoms with Crippen molar-refractivity contribution in [2.24, 2.45) is 0 Å². The molecule has 2 rings (SSSR count). The lowest BCUT2D eigenvalue weighted by molar-refractivity contribution is -0.138. The number of amides is 2. The van der Waals surface area contributed by atoms with E-state index in [9.17, 15) is 14.4 Å². The van der Waals surface area contributed by atoms with Crippen molar-refractivity contribution in [3.63, 3.8) is 0 Å². The van der Waals surface area contributed by atoms with Crippen molar-refractivity contribution in [2.75, 3.05) is 13.2 Å². The van der Waals surface area contributed by atoms with Crippen LogP contribution in [0.25, 0.3) is 0 Å². The monoisotopic (exact) mass is 392 g/mol. The molecule has 1 heterocycles. The maximum atomic E-state index is 12.5. The number of nitrogens with one attached hydrogen (secondary N) is 2. The van der Waals surface area contributed by atoms with Gasteiger partial charge in [-0.15, -0.1) is 0 Å². The minimum atomic E-state index is -1.19. The lowest BCUT2D eigenvalue weighted by atomic mass is 10.0. The van der Waals surface area contributed by atoms with Gasteiger partial charge in [-0.1, -0.05) is 43.2 Å². The van der Waals surface area contributed by atoms with Crippen LogP contribution in [0.4, 0.5) is 0 Å². The van der Waals surface area contributed by atoms with Gasteiger partial charge in [-0.2, -0.15) is 0 Å². The summed E-state index contributed by atoms with van der Waals surface area (Å²) in [6, 6.07) is 8.85. The number of benzene rings is 1. The summed E-state index contributed by atoms with van der Waals surface area (Å²) >= 11 is 0. The molecule has 1 saturated heterocycles. The first-order chi connectivity index (χ1) is 13.5. The maximum Gasteiger partial charge on any atom is 0.336 e. The Morgan fingerprint density at radius 3 is 2.39 bits per heavy atom. The molecule has 0 aliphatic carbocycles. The Balaban J connectivity index is 1.85. The summed E-state index contributed by atoms with van der Waals surface area (Å²) < 4.78 is 4.86. The molecule has 0 aromatic heterocycles. The van der Waals surface area contributed by atoms with Gasteiger partial charge >= 0.3 is 5.97 Å². The number of carboxylic acid groups (broad SMARTS) is 1. The van der Waals surface area contributed by atoms with E-state index in [0.717, 1.165) is 31.2 Å². The number of carboxylic acids is 1. The van der Waals surface area contributed by atoms with Gasteiger partial charge in [-0.05, 0) is 31.2 Å². The van der Waals surface area contributed by atoms with E-state index in [1.54, 1.807) is 0 Å². The molecule has 8 nitrogen and oxygen atoms in total. The highest BCUT2D eigenvalue weighted by Crippen LogP contribution is 2.22. The third kappa shape index (κ3) is 7.28. The van der Waals surface area contributed by atoms with Crippen molar-refractivity contribution in [2.45, 2.75) is 56.8 Å².